The molecule has 2 N–H and O–H groups in total. The van der Waals surface area contributed by atoms with Crippen LogP contribution in [0.5, 0.6) is 0 Å². The topological polar surface area (TPSA) is 58.6 Å². The number of ether oxygens (including phenoxy) is 3. The van der Waals surface area contributed by atoms with E-state index in [1.165, 1.54) is 0 Å². The molecule has 5 heteroatoms. The monoisotopic (exact) mass is 594 g/mol. The Morgan fingerprint density at radius 2 is 0.889 bits per heavy atom. The van der Waals surface area contributed by atoms with Crippen LogP contribution in [0.4, 0.5) is 5.69 Å². The van der Waals surface area contributed by atoms with E-state index in [1.807, 2.05) is 78.9 Å². The van der Waals surface area contributed by atoms with Gasteiger partial charge in [0.15, 0.2) is 0 Å². The Morgan fingerprint density at radius 1 is 0.489 bits per heavy atom. The summed E-state index contributed by atoms with van der Waals surface area (Å²) in [5.41, 5.74) is 16.1. The number of nitrogens with two attached hydrogens (primary N) is 1. The number of aromatic nitrogens is 1. The molecule has 1 heterocycles. The summed E-state index contributed by atoms with van der Waals surface area (Å²) in [6.45, 7) is 2.03. The summed E-state index contributed by atoms with van der Waals surface area (Å²) in [5, 5.41) is 0. The van der Waals surface area contributed by atoms with Gasteiger partial charge in [-0.05, 0) is 22.3 Å². The molecule has 5 nitrogen and oxygen atoms in total. The molecule has 0 aliphatic rings. The van der Waals surface area contributed by atoms with Crippen LogP contribution in [0.2, 0.25) is 0 Å². The lowest BCUT2D eigenvalue weighted by molar-refractivity contribution is -0.0866. The minimum absolute atomic E-state index is 0.263. The Labute approximate surface area is 265 Å². The lowest BCUT2D eigenvalue weighted by atomic mass is 9.99. The maximum atomic E-state index is 7.08. The van der Waals surface area contributed by atoms with Crippen LogP contribution < -0.4 is 5.73 Å². The van der Waals surface area contributed by atoms with E-state index in [1.54, 1.807) is 0 Å². The molecule has 0 atom stereocenters. The van der Waals surface area contributed by atoms with Crippen LogP contribution in [0.3, 0.4) is 0 Å². The van der Waals surface area contributed by atoms with E-state index >= 15 is 0 Å². The second-order valence-corrected chi connectivity index (χ2v) is 10.9. The number of nitrogens with zero attached hydrogens (tertiary/aromatic N) is 1. The van der Waals surface area contributed by atoms with Crippen molar-refractivity contribution < 1.29 is 14.2 Å². The Hall–Kier alpha value is -4.94. The standard InChI is InChI=1S/C40H38N2O3/c41-38-37(33-20-10-3-11-21-33)39(34-22-12-4-13-23-34)42(40(38)35-24-14-5-15-25-35)30-45-36(28-43-26-31-16-6-1-7-17-31)29-44-27-32-18-8-2-9-19-32/h1-25,36H,26-30,41H2. The van der Waals surface area contributed by atoms with Crippen LogP contribution in [-0.4, -0.2) is 23.9 Å². The SMILES string of the molecule is Nc1c(-c2ccccc2)c(-c2ccccc2)n(COC(COCc2ccccc2)COCc2ccccc2)c1-c1ccccc1. The van der Waals surface area contributed by atoms with Crippen LogP contribution in [0.25, 0.3) is 33.6 Å². The molecule has 6 aromatic rings. The van der Waals surface area contributed by atoms with Gasteiger partial charge in [0.1, 0.15) is 12.8 Å². The zero-order chi connectivity index (χ0) is 30.7. The minimum atomic E-state index is -0.312. The van der Waals surface area contributed by atoms with Crippen molar-refractivity contribution in [1.82, 2.24) is 4.57 Å². The van der Waals surface area contributed by atoms with E-state index in [9.17, 15) is 0 Å². The molecule has 0 aliphatic heterocycles. The molecular formula is C40H38N2O3. The maximum absolute atomic E-state index is 7.08. The number of hydrogen-bond donors (Lipinski definition) is 1. The molecule has 45 heavy (non-hydrogen) atoms. The first-order valence-electron chi connectivity index (χ1n) is 15.3. The quantitative estimate of drug-likeness (QED) is 0.137. The van der Waals surface area contributed by atoms with Crippen LogP contribution in [0.1, 0.15) is 11.1 Å². The molecule has 0 fully saturated rings. The van der Waals surface area contributed by atoms with Gasteiger partial charge in [0.2, 0.25) is 0 Å². The highest BCUT2D eigenvalue weighted by atomic mass is 16.6. The summed E-state index contributed by atoms with van der Waals surface area (Å²) < 4.78 is 21.2. The highest BCUT2D eigenvalue weighted by Crippen LogP contribution is 2.45. The average molecular weight is 595 g/mol. The van der Waals surface area contributed by atoms with Gasteiger partial charge in [0.25, 0.3) is 0 Å². The zero-order valence-electron chi connectivity index (χ0n) is 25.3. The normalized spacial score (nSPS) is 11.2. The molecule has 0 saturated heterocycles. The van der Waals surface area contributed by atoms with Crippen molar-refractivity contribution in [3.63, 3.8) is 0 Å². The molecule has 0 amide bonds. The van der Waals surface area contributed by atoms with E-state index < -0.39 is 0 Å². The Bertz CT molecular complexity index is 1690. The van der Waals surface area contributed by atoms with Crippen molar-refractivity contribution >= 4 is 5.69 Å². The number of nitrogen functional groups attached to an aromatic ring is 1. The molecule has 1 aromatic heterocycles. The summed E-state index contributed by atoms with van der Waals surface area (Å²) in [7, 11) is 0. The molecule has 5 aromatic carbocycles. The van der Waals surface area contributed by atoms with E-state index in [0.29, 0.717) is 32.1 Å². The van der Waals surface area contributed by atoms with Crippen LogP contribution in [0.15, 0.2) is 152 Å². The fraction of sp³-hybridized carbons (Fsp3) is 0.150. The van der Waals surface area contributed by atoms with Gasteiger partial charge < -0.3 is 24.5 Å². The fourth-order valence-corrected chi connectivity index (χ4v) is 5.56. The Morgan fingerprint density at radius 3 is 1.36 bits per heavy atom. The predicted molar refractivity (Wildman–Crippen MR) is 182 cm³/mol. The first kappa shape index (κ1) is 30.1. The van der Waals surface area contributed by atoms with E-state index in [0.717, 1.165) is 44.8 Å². The first-order chi connectivity index (χ1) is 22.3. The van der Waals surface area contributed by atoms with Gasteiger partial charge in [-0.2, -0.15) is 0 Å². The minimum Gasteiger partial charge on any atom is -0.396 e. The number of rotatable bonds is 14. The van der Waals surface area contributed by atoms with Gasteiger partial charge in [-0.15, -0.1) is 0 Å². The van der Waals surface area contributed by atoms with E-state index in [-0.39, 0.29) is 12.8 Å². The van der Waals surface area contributed by atoms with E-state index in [2.05, 4.69) is 77.4 Å². The second kappa shape index (κ2) is 15.2. The lowest BCUT2D eigenvalue weighted by Crippen LogP contribution is -2.27. The van der Waals surface area contributed by atoms with Gasteiger partial charge in [-0.1, -0.05) is 152 Å². The molecule has 0 spiro atoms. The smallest absolute Gasteiger partial charge is 0.124 e. The van der Waals surface area contributed by atoms with Crippen LogP contribution in [0, 0.1) is 0 Å². The highest BCUT2D eigenvalue weighted by molar-refractivity contribution is 5.98. The van der Waals surface area contributed by atoms with Gasteiger partial charge >= 0.3 is 0 Å². The summed E-state index contributed by atoms with van der Waals surface area (Å²) >= 11 is 0. The summed E-state index contributed by atoms with van der Waals surface area (Å²) in [6, 6.07) is 51.3. The number of benzene rings is 5. The van der Waals surface area contributed by atoms with E-state index in [4.69, 9.17) is 19.9 Å². The van der Waals surface area contributed by atoms with Gasteiger partial charge in [0, 0.05) is 11.1 Å². The van der Waals surface area contributed by atoms with Crippen molar-refractivity contribution in [2.45, 2.75) is 26.0 Å². The summed E-state index contributed by atoms with van der Waals surface area (Å²) in [4.78, 5) is 0. The Kier molecular flexibility index (Phi) is 10.2. The Balaban J connectivity index is 1.33. The van der Waals surface area contributed by atoms with Gasteiger partial charge in [-0.25, -0.2) is 0 Å². The number of anilines is 1. The maximum Gasteiger partial charge on any atom is 0.124 e. The van der Waals surface area contributed by atoms with Crippen molar-refractivity contribution in [3.8, 4) is 33.6 Å². The lowest BCUT2D eigenvalue weighted by Gasteiger charge is -2.22. The summed E-state index contributed by atoms with van der Waals surface area (Å²) in [5.74, 6) is 0. The predicted octanol–water partition coefficient (Wildman–Crippen LogP) is 8.85. The summed E-state index contributed by atoms with van der Waals surface area (Å²) in [6.07, 6.45) is -0.312. The molecule has 0 aliphatic carbocycles. The molecule has 0 radical (unpaired) electrons. The zero-order valence-corrected chi connectivity index (χ0v) is 25.3. The third kappa shape index (κ3) is 7.59. The average Bonchev–Trinajstić information content (AvgIpc) is 3.40. The molecule has 0 bridgehead atoms. The highest BCUT2D eigenvalue weighted by Gasteiger charge is 2.25. The first-order valence-corrected chi connectivity index (χ1v) is 15.3. The van der Waals surface area contributed by atoms with Crippen molar-refractivity contribution in [2.24, 2.45) is 0 Å². The third-order valence-corrected chi connectivity index (χ3v) is 7.73. The van der Waals surface area contributed by atoms with Crippen molar-refractivity contribution in [3.05, 3.63) is 163 Å². The molecule has 226 valence electrons. The fourth-order valence-electron chi connectivity index (χ4n) is 5.56. The van der Waals surface area contributed by atoms with Gasteiger partial charge in [0.05, 0.1) is 43.5 Å². The third-order valence-electron chi connectivity index (χ3n) is 7.73. The second-order valence-electron chi connectivity index (χ2n) is 10.9. The number of hydrogen-bond acceptors (Lipinski definition) is 4. The van der Waals surface area contributed by atoms with Crippen molar-refractivity contribution in [2.75, 3.05) is 18.9 Å². The van der Waals surface area contributed by atoms with Crippen molar-refractivity contribution in [1.29, 1.82) is 0 Å². The largest absolute Gasteiger partial charge is 0.396 e. The molecular weight excluding hydrogens is 556 g/mol. The molecule has 6 rings (SSSR count). The van der Waals surface area contributed by atoms with Crippen LogP contribution >= 0.6 is 0 Å². The molecule has 0 unspecified atom stereocenters. The molecule has 0 saturated carbocycles. The van der Waals surface area contributed by atoms with Gasteiger partial charge in [-0.3, -0.25) is 0 Å². The van der Waals surface area contributed by atoms with Crippen LogP contribution in [-0.2, 0) is 34.2 Å².